The van der Waals surface area contributed by atoms with E-state index in [1.54, 1.807) is 6.92 Å². The number of benzene rings is 1. The zero-order valence-electron chi connectivity index (χ0n) is 12.5. The molecule has 1 aromatic carbocycles. The normalized spacial score (nSPS) is 20.0. The monoisotopic (exact) mass is 276 g/mol. The van der Waals surface area contributed by atoms with Gasteiger partial charge in [0.2, 0.25) is 0 Å². The second kappa shape index (κ2) is 6.27. The molecular formula is C16H24N2O2. The minimum absolute atomic E-state index is 0.0628. The third-order valence-electron chi connectivity index (χ3n) is 3.97. The molecule has 0 aliphatic carbocycles. The van der Waals surface area contributed by atoms with Crippen molar-refractivity contribution in [3.8, 4) is 0 Å². The van der Waals surface area contributed by atoms with Crippen molar-refractivity contribution in [1.29, 1.82) is 0 Å². The summed E-state index contributed by atoms with van der Waals surface area (Å²) in [7, 11) is 0. The number of aryl methyl sites for hydroxylation is 1. The van der Waals surface area contributed by atoms with Gasteiger partial charge in [0.05, 0.1) is 11.7 Å². The number of hydrogen-bond acceptors (Lipinski definition) is 3. The van der Waals surface area contributed by atoms with Gasteiger partial charge >= 0.3 is 0 Å². The minimum atomic E-state index is -0.349. The molecule has 20 heavy (non-hydrogen) atoms. The zero-order chi connectivity index (χ0) is 14.7. The molecule has 1 aliphatic heterocycles. The molecule has 2 rings (SSSR count). The molecule has 1 aromatic rings. The number of likely N-dealkylation sites (tertiary alicyclic amines) is 1. The van der Waals surface area contributed by atoms with Crippen LogP contribution in [0, 0.1) is 12.8 Å². The maximum Gasteiger partial charge on any atom is 0.255 e. The van der Waals surface area contributed by atoms with Crippen LogP contribution in [0.2, 0.25) is 0 Å². The van der Waals surface area contributed by atoms with E-state index in [0.717, 1.165) is 36.3 Å². The van der Waals surface area contributed by atoms with E-state index >= 15 is 0 Å². The Hall–Kier alpha value is -1.55. The fourth-order valence-corrected chi connectivity index (χ4v) is 2.72. The van der Waals surface area contributed by atoms with Gasteiger partial charge in [0.15, 0.2) is 0 Å². The van der Waals surface area contributed by atoms with Crippen LogP contribution in [0.3, 0.4) is 0 Å². The smallest absolute Gasteiger partial charge is 0.255 e. The maximum absolute atomic E-state index is 12.7. The van der Waals surface area contributed by atoms with Gasteiger partial charge in [0, 0.05) is 31.2 Å². The van der Waals surface area contributed by atoms with Crippen LogP contribution in [-0.2, 0) is 0 Å². The molecule has 0 bridgehead atoms. The number of hydrogen-bond donors (Lipinski definition) is 2. The summed E-state index contributed by atoms with van der Waals surface area (Å²) in [5.74, 6) is 0.263. The molecule has 2 N–H and O–H groups in total. The van der Waals surface area contributed by atoms with Crippen molar-refractivity contribution in [3.63, 3.8) is 0 Å². The molecule has 110 valence electrons. The van der Waals surface area contributed by atoms with Gasteiger partial charge in [-0.25, -0.2) is 0 Å². The van der Waals surface area contributed by atoms with E-state index in [1.165, 1.54) is 0 Å². The van der Waals surface area contributed by atoms with E-state index in [4.69, 9.17) is 0 Å². The summed E-state index contributed by atoms with van der Waals surface area (Å²) in [4.78, 5) is 14.5. The number of rotatable bonds is 4. The molecule has 0 radical (unpaired) electrons. The van der Waals surface area contributed by atoms with Crippen LogP contribution in [0.15, 0.2) is 18.2 Å². The fourth-order valence-electron chi connectivity index (χ4n) is 2.72. The first-order valence-electron chi connectivity index (χ1n) is 7.34. The lowest BCUT2D eigenvalue weighted by Gasteiger charge is -2.20. The van der Waals surface area contributed by atoms with Crippen LogP contribution < -0.4 is 5.32 Å². The zero-order valence-corrected chi connectivity index (χ0v) is 12.5. The van der Waals surface area contributed by atoms with E-state index < -0.39 is 0 Å². The number of carbonyl (C=O) groups is 1. The highest BCUT2D eigenvalue weighted by molar-refractivity contribution is 6.00. The molecule has 1 saturated heterocycles. The minimum Gasteiger partial charge on any atom is -0.393 e. The van der Waals surface area contributed by atoms with Crippen LogP contribution in [0.5, 0.6) is 0 Å². The molecular weight excluding hydrogens is 252 g/mol. The molecule has 1 amide bonds. The average Bonchev–Trinajstić information content (AvgIpc) is 2.90. The lowest BCUT2D eigenvalue weighted by molar-refractivity contribution is 0.0763. The van der Waals surface area contributed by atoms with Crippen molar-refractivity contribution in [2.45, 2.75) is 33.3 Å². The first-order valence-corrected chi connectivity index (χ1v) is 7.34. The summed E-state index contributed by atoms with van der Waals surface area (Å²) in [5, 5.41) is 12.9. The third kappa shape index (κ3) is 3.12. The number of aliphatic hydroxyl groups is 1. The summed E-state index contributed by atoms with van der Waals surface area (Å²) < 4.78 is 0. The van der Waals surface area contributed by atoms with Crippen LogP contribution in [0.1, 0.15) is 36.2 Å². The summed E-state index contributed by atoms with van der Waals surface area (Å²) in [6.45, 7) is 7.99. The predicted molar refractivity (Wildman–Crippen MR) is 81.0 cm³/mol. The predicted octanol–water partition coefficient (Wildman–Crippen LogP) is 2.27. The number of anilines is 1. The Balaban J connectivity index is 2.19. The molecule has 1 fully saturated rings. The summed E-state index contributed by atoms with van der Waals surface area (Å²) in [6.07, 6.45) is 0.532. The number of carbonyl (C=O) groups excluding carboxylic acids is 1. The van der Waals surface area contributed by atoms with Gasteiger partial charge in [-0.15, -0.1) is 0 Å². The largest absolute Gasteiger partial charge is 0.393 e. The fraction of sp³-hybridized carbons (Fsp3) is 0.562. The Bertz CT molecular complexity index is 485. The number of nitrogens with one attached hydrogen (secondary N) is 1. The first-order chi connectivity index (χ1) is 9.52. The van der Waals surface area contributed by atoms with Gasteiger partial charge in [-0.05, 0) is 39.3 Å². The van der Waals surface area contributed by atoms with Crippen LogP contribution in [0.4, 0.5) is 5.69 Å². The van der Waals surface area contributed by atoms with E-state index in [9.17, 15) is 9.90 Å². The summed E-state index contributed by atoms with van der Waals surface area (Å²) >= 11 is 0. The van der Waals surface area contributed by atoms with Gasteiger partial charge in [-0.2, -0.15) is 0 Å². The molecule has 1 aliphatic rings. The van der Waals surface area contributed by atoms with Crippen molar-refractivity contribution in [3.05, 3.63) is 29.3 Å². The van der Waals surface area contributed by atoms with Crippen molar-refractivity contribution in [2.75, 3.05) is 25.0 Å². The molecule has 0 spiro atoms. The molecule has 1 heterocycles. The van der Waals surface area contributed by atoms with Gasteiger partial charge in [-0.3, -0.25) is 4.79 Å². The van der Waals surface area contributed by atoms with Crippen molar-refractivity contribution in [1.82, 2.24) is 4.90 Å². The Labute approximate surface area is 120 Å². The van der Waals surface area contributed by atoms with Gasteiger partial charge in [0.25, 0.3) is 5.91 Å². The number of nitrogens with zero attached hydrogens (tertiary/aromatic N) is 1. The van der Waals surface area contributed by atoms with E-state index in [2.05, 4.69) is 5.32 Å². The highest BCUT2D eigenvalue weighted by Crippen LogP contribution is 2.25. The Morgan fingerprint density at radius 3 is 2.90 bits per heavy atom. The molecule has 0 saturated carbocycles. The maximum atomic E-state index is 12.7. The molecule has 2 unspecified atom stereocenters. The molecule has 4 nitrogen and oxygen atoms in total. The Morgan fingerprint density at radius 2 is 2.30 bits per heavy atom. The van der Waals surface area contributed by atoms with Gasteiger partial charge in [-0.1, -0.05) is 11.6 Å². The second-order valence-electron chi connectivity index (χ2n) is 5.62. The first kappa shape index (κ1) is 14.9. The van der Waals surface area contributed by atoms with Crippen molar-refractivity contribution in [2.24, 2.45) is 5.92 Å². The van der Waals surface area contributed by atoms with E-state index in [1.807, 2.05) is 36.9 Å². The highest BCUT2D eigenvalue weighted by atomic mass is 16.3. The lowest BCUT2D eigenvalue weighted by atomic mass is 10.0. The Morgan fingerprint density at radius 1 is 1.55 bits per heavy atom. The second-order valence-corrected chi connectivity index (χ2v) is 5.62. The third-order valence-corrected chi connectivity index (χ3v) is 3.97. The van der Waals surface area contributed by atoms with Crippen LogP contribution >= 0.6 is 0 Å². The van der Waals surface area contributed by atoms with Crippen molar-refractivity contribution >= 4 is 11.6 Å². The topological polar surface area (TPSA) is 52.6 Å². The lowest BCUT2D eigenvalue weighted by Crippen LogP contribution is -2.31. The van der Waals surface area contributed by atoms with E-state index in [-0.39, 0.29) is 17.9 Å². The van der Waals surface area contributed by atoms with Gasteiger partial charge < -0.3 is 15.3 Å². The SMILES string of the molecule is CCNc1ccc(C)cc1C(=O)N1CCC(C(C)O)C1. The number of aliphatic hydroxyl groups excluding tert-OH is 1. The molecule has 4 heteroatoms. The summed E-state index contributed by atoms with van der Waals surface area (Å²) in [5.41, 5.74) is 2.71. The molecule has 2 atom stereocenters. The average molecular weight is 276 g/mol. The van der Waals surface area contributed by atoms with Crippen LogP contribution in [-0.4, -0.2) is 41.7 Å². The molecule has 0 aromatic heterocycles. The van der Waals surface area contributed by atoms with Crippen molar-refractivity contribution < 1.29 is 9.90 Å². The van der Waals surface area contributed by atoms with Crippen LogP contribution in [0.25, 0.3) is 0 Å². The standard InChI is InChI=1S/C16H24N2O2/c1-4-17-15-6-5-11(2)9-14(15)16(20)18-8-7-13(10-18)12(3)19/h5-6,9,12-13,17,19H,4,7-8,10H2,1-3H3. The van der Waals surface area contributed by atoms with E-state index in [0.29, 0.717) is 6.54 Å². The number of amides is 1. The highest BCUT2D eigenvalue weighted by Gasteiger charge is 2.30. The Kier molecular flexibility index (Phi) is 4.65. The summed E-state index contributed by atoms with van der Waals surface area (Å²) in [6, 6.07) is 5.92. The van der Waals surface area contributed by atoms with Gasteiger partial charge in [0.1, 0.15) is 0 Å². The quantitative estimate of drug-likeness (QED) is 0.887.